The normalized spacial score (nSPS) is 18.2. The van der Waals surface area contributed by atoms with Gasteiger partial charge in [-0.05, 0) is 63.2 Å². The van der Waals surface area contributed by atoms with E-state index in [-0.39, 0.29) is 19.3 Å². The Bertz CT molecular complexity index is 632. The molecule has 0 aliphatic heterocycles. The van der Waals surface area contributed by atoms with E-state index >= 15 is 0 Å². The summed E-state index contributed by atoms with van der Waals surface area (Å²) in [5, 5.41) is 90.6. The molecule has 0 spiro atoms. The number of hydrogen-bond donors (Lipinski definition) is 9. The van der Waals surface area contributed by atoms with E-state index in [9.17, 15) is 50.8 Å². The average molecular weight is 579 g/mol. The molecule has 0 aliphatic rings. The van der Waals surface area contributed by atoms with E-state index in [0.29, 0.717) is 12.8 Å². The van der Waals surface area contributed by atoms with E-state index in [0.717, 1.165) is 19.3 Å². The van der Waals surface area contributed by atoms with Gasteiger partial charge in [0.1, 0.15) is 0 Å². The second kappa shape index (κ2) is 22.5. The van der Waals surface area contributed by atoms with Crippen molar-refractivity contribution in [2.75, 3.05) is 26.4 Å². The van der Waals surface area contributed by atoms with E-state index in [1.807, 2.05) is 0 Å². The number of aliphatic hydroxyl groups excluding tert-OH is 8. The number of aliphatic carboxylic acids is 1. The van der Waals surface area contributed by atoms with Gasteiger partial charge < -0.3 is 46.0 Å². The maximum atomic E-state index is 13.0. The molecule has 0 heterocycles. The van der Waals surface area contributed by atoms with Crippen LogP contribution in [0.25, 0.3) is 0 Å². The maximum absolute atomic E-state index is 13.0. The van der Waals surface area contributed by atoms with Crippen LogP contribution in [0.3, 0.4) is 0 Å². The molecule has 10 heteroatoms. The van der Waals surface area contributed by atoms with E-state index < -0.39 is 80.5 Å². The third kappa shape index (κ3) is 14.2. The molecule has 4 atom stereocenters. The van der Waals surface area contributed by atoms with Gasteiger partial charge in [0.25, 0.3) is 0 Å². The fourth-order valence-corrected chi connectivity index (χ4v) is 5.98. The lowest BCUT2D eigenvalue weighted by molar-refractivity contribution is -0.178. The first-order valence-corrected chi connectivity index (χ1v) is 15.1. The minimum Gasteiger partial charge on any atom is -0.481 e. The van der Waals surface area contributed by atoms with Crippen molar-refractivity contribution < 1.29 is 50.8 Å². The van der Waals surface area contributed by atoms with Crippen LogP contribution in [0, 0.1) is 10.8 Å². The highest BCUT2D eigenvalue weighted by atomic mass is 16.4. The number of rotatable bonds is 27. The summed E-state index contributed by atoms with van der Waals surface area (Å²) < 4.78 is 0. The van der Waals surface area contributed by atoms with Gasteiger partial charge in [0.15, 0.2) is 0 Å². The van der Waals surface area contributed by atoms with Crippen LogP contribution in [-0.4, -0.2) is 103 Å². The fourth-order valence-electron chi connectivity index (χ4n) is 5.98. The first kappa shape index (κ1) is 38.9. The van der Waals surface area contributed by atoms with Gasteiger partial charge in [-0.3, -0.25) is 4.79 Å². The Hall–Kier alpha value is -1.11. The molecule has 4 unspecified atom stereocenters. The van der Waals surface area contributed by atoms with Crippen LogP contribution in [0.1, 0.15) is 110 Å². The van der Waals surface area contributed by atoms with Gasteiger partial charge in [0.05, 0.1) is 56.3 Å². The van der Waals surface area contributed by atoms with Crippen LogP contribution < -0.4 is 0 Å². The third-order valence-corrected chi connectivity index (χ3v) is 8.11. The Morgan fingerprint density at radius 1 is 0.600 bits per heavy atom. The number of carboxylic acid groups (broad SMARTS) is 1. The van der Waals surface area contributed by atoms with Gasteiger partial charge in [-0.25, -0.2) is 0 Å². The Morgan fingerprint density at radius 3 is 1.38 bits per heavy atom. The molecule has 0 bridgehead atoms. The molecule has 40 heavy (non-hydrogen) atoms. The van der Waals surface area contributed by atoms with E-state index in [4.69, 9.17) is 0 Å². The third-order valence-electron chi connectivity index (χ3n) is 8.11. The lowest BCUT2D eigenvalue weighted by Gasteiger charge is -2.51. The van der Waals surface area contributed by atoms with Crippen molar-refractivity contribution in [2.24, 2.45) is 10.8 Å². The van der Waals surface area contributed by atoms with E-state index in [1.165, 1.54) is 38.5 Å². The van der Waals surface area contributed by atoms with Crippen LogP contribution in [0.2, 0.25) is 0 Å². The van der Waals surface area contributed by atoms with Crippen LogP contribution in [0.5, 0.6) is 0 Å². The predicted octanol–water partition coefficient (Wildman–Crippen LogP) is 2.27. The summed E-state index contributed by atoms with van der Waals surface area (Å²) in [7, 11) is 0. The van der Waals surface area contributed by atoms with Crippen LogP contribution >= 0.6 is 0 Å². The van der Waals surface area contributed by atoms with Crippen LogP contribution in [0.4, 0.5) is 0 Å². The second-order valence-corrected chi connectivity index (χ2v) is 11.5. The average Bonchev–Trinajstić information content (AvgIpc) is 2.94. The molecule has 0 rings (SSSR count). The molecular formula is C30H58O10. The minimum atomic E-state index is -2.00. The van der Waals surface area contributed by atoms with E-state index in [1.54, 1.807) is 0 Å². The smallest absolute Gasteiger partial charge is 0.310 e. The summed E-state index contributed by atoms with van der Waals surface area (Å²) in [6.07, 6.45) is 8.49. The maximum Gasteiger partial charge on any atom is 0.310 e. The summed E-state index contributed by atoms with van der Waals surface area (Å²) in [6.45, 7) is -0.666. The summed E-state index contributed by atoms with van der Waals surface area (Å²) in [6, 6.07) is 0. The lowest BCUT2D eigenvalue weighted by atomic mass is 9.52. The van der Waals surface area contributed by atoms with Gasteiger partial charge in [-0.15, -0.1) is 0 Å². The molecule has 0 aromatic carbocycles. The zero-order chi connectivity index (χ0) is 30.4. The van der Waals surface area contributed by atoms with Crippen molar-refractivity contribution in [2.45, 2.75) is 134 Å². The number of aliphatic hydroxyl groups is 8. The topological polar surface area (TPSA) is 199 Å². The molecule has 238 valence electrons. The molecule has 9 N–H and O–H groups in total. The molecule has 0 fully saturated rings. The fraction of sp³-hybridized carbons (Fsp3) is 0.900. The van der Waals surface area contributed by atoms with Gasteiger partial charge >= 0.3 is 5.97 Å². The highest BCUT2D eigenvalue weighted by molar-refractivity contribution is 5.76. The zero-order valence-corrected chi connectivity index (χ0v) is 24.5. The molecular weight excluding hydrogens is 520 g/mol. The van der Waals surface area contributed by atoms with Crippen molar-refractivity contribution in [3.8, 4) is 0 Å². The molecule has 0 aromatic rings. The molecule has 0 radical (unpaired) electrons. The molecule has 0 aromatic heterocycles. The van der Waals surface area contributed by atoms with Crippen molar-refractivity contribution in [3.63, 3.8) is 0 Å². The first-order valence-electron chi connectivity index (χ1n) is 15.1. The number of carbonyl (C=O) groups is 1. The highest BCUT2D eigenvalue weighted by Gasteiger charge is 2.58. The Kier molecular flexibility index (Phi) is 21.9. The number of unbranched alkanes of at least 4 members (excludes halogenated alkanes) is 9. The lowest BCUT2D eigenvalue weighted by Crippen LogP contribution is -2.55. The monoisotopic (exact) mass is 578 g/mol. The minimum absolute atomic E-state index is 0.144. The Morgan fingerprint density at radius 2 is 0.975 bits per heavy atom. The largest absolute Gasteiger partial charge is 0.481 e. The van der Waals surface area contributed by atoms with Crippen molar-refractivity contribution >= 4 is 5.97 Å². The summed E-state index contributed by atoms with van der Waals surface area (Å²) >= 11 is 0. The Labute approximate surface area is 240 Å². The molecule has 0 aliphatic carbocycles. The molecule has 0 amide bonds. The molecule has 0 saturated carbocycles. The van der Waals surface area contributed by atoms with E-state index in [2.05, 4.69) is 19.1 Å². The zero-order valence-electron chi connectivity index (χ0n) is 24.5. The standard InChI is InChI=1S/C30H58O10/c1-2-3-4-5-6-7-8-9-10-11-12-13-14-15-29(16-24(35)20-31,17-25(36)21-32)30(28(39)40,18-26(37)22-33)19-27(38)23-34/h9-10,24-27,31-38H,2-8,11-23H2,1H3,(H,39,40)/b10-9-. The molecule has 0 saturated heterocycles. The Balaban J connectivity index is 5.77. The van der Waals surface area contributed by atoms with Crippen LogP contribution in [0.15, 0.2) is 12.2 Å². The quantitative estimate of drug-likeness (QED) is 0.0514. The second-order valence-electron chi connectivity index (χ2n) is 11.5. The predicted molar refractivity (Wildman–Crippen MR) is 154 cm³/mol. The summed E-state index contributed by atoms with van der Waals surface area (Å²) in [5.74, 6) is -1.43. The SMILES string of the molecule is CCCCCCCC/C=C\CCCCCC(CC(O)CO)(CC(O)CO)C(CC(O)CO)(CC(O)CO)C(=O)O. The van der Waals surface area contributed by atoms with Crippen LogP contribution in [-0.2, 0) is 4.79 Å². The van der Waals surface area contributed by atoms with Crippen molar-refractivity contribution in [1.82, 2.24) is 0 Å². The van der Waals surface area contributed by atoms with Crippen molar-refractivity contribution in [1.29, 1.82) is 0 Å². The first-order chi connectivity index (χ1) is 19.1. The summed E-state index contributed by atoms with van der Waals surface area (Å²) in [5.41, 5.74) is -3.50. The molecule has 10 nitrogen and oxygen atoms in total. The van der Waals surface area contributed by atoms with Gasteiger partial charge in [0.2, 0.25) is 0 Å². The highest BCUT2D eigenvalue weighted by Crippen LogP contribution is 2.56. The van der Waals surface area contributed by atoms with Crippen molar-refractivity contribution in [3.05, 3.63) is 12.2 Å². The van der Waals surface area contributed by atoms with Gasteiger partial charge in [-0.2, -0.15) is 0 Å². The number of carboxylic acids is 1. The summed E-state index contributed by atoms with van der Waals surface area (Å²) in [4.78, 5) is 13.0. The number of hydrogen-bond acceptors (Lipinski definition) is 9. The van der Waals surface area contributed by atoms with Gasteiger partial charge in [0, 0.05) is 0 Å². The van der Waals surface area contributed by atoms with Gasteiger partial charge in [-0.1, -0.05) is 64.0 Å². The number of allylic oxidation sites excluding steroid dienone is 2.